The third-order valence-electron chi connectivity index (χ3n) is 5.72. The van der Waals surface area contributed by atoms with Crippen LogP contribution in [0.3, 0.4) is 0 Å². The molecule has 1 aromatic rings. The van der Waals surface area contributed by atoms with Crippen molar-refractivity contribution in [1.29, 1.82) is 0 Å². The van der Waals surface area contributed by atoms with E-state index in [1.165, 1.54) is 6.42 Å². The topological polar surface area (TPSA) is 103 Å². The van der Waals surface area contributed by atoms with Gasteiger partial charge < -0.3 is 19.5 Å². The molecule has 1 saturated carbocycles. The maximum Gasteiger partial charge on any atom is 0.407 e. The van der Waals surface area contributed by atoms with Crippen LogP contribution in [-0.2, 0) is 30.0 Å². The molecule has 2 aliphatic heterocycles. The summed E-state index contributed by atoms with van der Waals surface area (Å²) in [4.78, 5) is 12.2. The number of rotatable bonds is 6. The smallest absolute Gasteiger partial charge is 0.407 e. The first kappa shape index (κ1) is 20.6. The molecular weight excluding hydrogens is 396 g/mol. The van der Waals surface area contributed by atoms with Crippen LogP contribution in [0.5, 0.6) is 0 Å². The van der Waals surface area contributed by atoms with Crippen molar-refractivity contribution >= 4 is 16.1 Å². The van der Waals surface area contributed by atoms with Crippen molar-refractivity contribution in [3.05, 3.63) is 35.9 Å². The number of amides is 1. The highest BCUT2D eigenvalue weighted by Gasteiger charge is 2.50. The van der Waals surface area contributed by atoms with E-state index in [0.717, 1.165) is 25.7 Å². The molecule has 3 fully saturated rings. The SMILES string of the molecule is O=C(NC1CCCCC1)OC1COC2C(NS(=O)(=O)Cc3ccccc3)COC12. The minimum Gasteiger partial charge on any atom is -0.441 e. The second-order valence-electron chi connectivity index (χ2n) is 7.99. The van der Waals surface area contributed by atoms with Crippen LogP contribution in [-0.4, -0.2) is 58.1 Å². The molecule has 1 amide bonds. The molecule has 4 atom stereocenters. The zero-order chi connectivity index (χ0) is 20.3. The molecule has 29 heavy (non-hydrogen) atoms. The lowest BCUT2D eigenvalue weighted by molar-refractivity contribution is 0.00281. The number of benzene rings is 1. The van der Waals surface area contributed by atoms with Gasteiger partial charge in [-0.15, -0.1) is 0 Å². The summed E-state index contributed by atoms with van der Waals surface area (Å²) in [5, 5.41) is 2.92. The fourth-order valence-electron chi connectivity index (χ4n) is 4.32. The Balaban J connectivity index is 1.29. The zero-order valence-corrected chi connectivity index (χ0v) is 17.1. The van der Waals surface area contributed by atoms with Gasteiger partial charge in [-0.05, 0) is 18.4 Å². The number of carbonyl (C=O) groups excluding carboxylic acids is 1. The molecular formula is C20H28N2O6S. The Kier molecular flexibility index (Phi) is 6.38. The van der Waals surface area contributed by atoms with Gasteiger partial charge in [-0.3, -0.25) is 0 Å². The van der Waals surface area contributed by atoms with Crippen molar-refractivity contribution in [2.24, 2.45) is 0 Å². The number of hydrogen-bond donors (Lipinski definition) is 2. The number of hydrogen-bond acceptors (Lipinski definition) is 6. The van der Waals surface area contributed by atoms with Crippen LogP contribution in [0.4, 0.5) is 4.79 Å². The van der Waals surface area contributed by atoms with Crippen LogP contribution in [0.15, 0.2) is 30.3 Å². The summed E-state index contributed by atoms with van der Waals surface area (Å²) in [6, 6.07) is 8.66. The summed E-state index contributed by atoms with van der Waals surface area (Å²) in [5.74, 6) is -0.106. The van der Waals surface area contributed by atoms with Gasteiger partial charge in [0.15, 0.2) is 6.10 Å². The molecule has 0 spiro atoms. The van der Waals surface area contributed by atoms with Gasteiger partial charge in [0.2, 0.25) is 10.0 Å². The van der Waals surface area contributed by atoms with Crippen LogP contribution >= 0.6 is 0 Å². The number of nitrogens with one attached hydrogen (secondary N) is 2. The Morgan fingerprint density at radius 3 is 2.52 bits per heavy atom. The van der Waals surface area contributed by atoms with E-state index in [2.05, 4.69) is 10.0 Å². The first-order valence-electron chi connectivity index (χ1n) is 10.2. The predicted octanol–water partition coefficient (Wildman–Crippen LogP) is 1.70. The van der Waals surface area contributed by atoms with E-state index >= 15 is 0 Å². The Bertz CT molecular complexity index is 796. The van der Waals surface area contributed by atoms with Gasteiger partial charge >= 0.3 is 6.09 Å². The number of sulfonamides is 1. The van der Waals surface area contributed by atoms with Gasteiger partial charge in [0, 0.05) is 6.04 Å². The average molecular weight is 425 g/mol. The lowest BCUT2D eigenvalue weighted by Crippen LogP contribution is -2.45. The van der Waals surface area contributed by atoms with Crippen molar-refractivity contribution in [2.45, 2.75) is 68.3 Å². The van der Waals surface area contributed by atoms with Gasteiger partial charge in [0.25, 0.3) is 0 Å². The molecule has 0 radical (unpaired) electrons. The second-order valence-corrected chi connectivity index (χ2v) is 9.74. The summed E-state index contributed by atoms with van der Waals surface area (Å²) in [6.45, 7) is 0.387. The second kappa shape index (κ2) is 8.99. The van der Waals surface area contributed by atoms with Crippen LogP contribution in [0.25, 0.3) is 0 Å². The highest BCUT2D eigenvalue weighted by molar-refractivity contribution is 7.88. The first-order chi connectivity index (χ1) is 14.0. The van der Waals surface area contributed by atoms with E-state index < -0.39 is 40.5 Å². The third-order valence-corrected chi connectivity index (χ3v) is 7.10. The monoisotopic (exact) mass is 424 g/mol. The lowest BCUT2D eigenvalue weighted by Gasteiger charge is -2.24. The maximum atomic E-state index is 12.5. The standard InChI is InChI=1S/C20H28N2O6S/c23-20(21-15-9-5-2-6-10-15)28-17-12-27-18-16(11-26-19(17)18)22-29(24,25)13-14-7-3-1-4-8-14/h1,3-4,7-8,15-19,22H,2,5-6,9-13H2,(H,21,23). The molecule has 0 bridgehead atoms. The third kappa shape index (κ3) is 5.28. The van der Waals surface area contributed by atoms with Crippen LogP contribution in [0.2, 0.25) is 0 Å². The largest absolute Gasteiger partial charge is 0.441 e. The van der Waals surface area contributed by atoms with Crippen molar-refractivity contribution < 1.29 is 27.4 Å². The number of fused-ring (bicyclic) bond motifs is 1. The molecule has 1 aromatic carbocycles. The van der Waals surface area contributed by atoms with Crippen molar-refractivity contribution in [3.63, 3.8) is 0 Å². The molecule has 9 heteroatoms. The molecule has 2 N–H and O–H groups in total. The first-order valence-corrected chi connectivity index (χ1v) is 11.9. The van der Waals surface area contributed by atoms with Gasteiger partial charge in [0.05, 0.1) is 25.0 Å². The Labute approximate surface area is 171 Å². The van der Waals surface area contributed by atoms with Crippen LogP contribution in [0, 0.1) is 0 Å². The number of carbonyl (C=O) groups is 1. The van der Waals surface area contributed by atoms with Gasteiger partial charge in [-0.25, -0.2) is 17.9 Å². The molecule has 4 rings (SSSR count). The summed E-state index contributed by atoms with van der Waals surface area (Å²) < 4.78 is 44.7. The van der Waals surface area contributed by atoms with Crippen molar-refractivity contribution in [3.8, 4) is 0 Å². The number of ether oxygens (including phenoxy) is 3. The zero-order valence-electron chi connectivity index (χ0n) is 16.3. The van der Waals surface area contributed by atoms with E-state index in [1.807, 2.05) is 6.07 Å². The Morgan fingerprint density at radius 2 is 1.76 bits per heavy atom. The summed E-state index contributed by atoms with van der Waals surface area (Å²) in [5.41, 5.74) is 0.711. The van der Waals surface area contributed by atoms with E-state index in [0.29, 0.717) is 5.56 Å². The summed E-state index contributed by atoms with van der Waals surface area (Å²) in [7, 11) is -3.55. The minimum absolute atomic E-state index is 0.106. The number of alkyl carbamates (subject to hydrolysis) is 1. The average Bonchev–Trinajstić information content (AvgIpc) is 3.26. The molecule has 8 nitrogen and oxygen atoms in total. The van der Waals surface area contributed by atoms with E-state index in [4.69, 9.17) is 14.2 Å². The molecule has 3 aliphatic rings. The summed E-state index contributed by atoms with van der Waals surface area (Å²) in [6.07, 6.45) is 3.49. The summed E-state index contributed by atoms with van der Waals surface area (Å²) >= 11 is 0. The van der Waals surface area contributed by atoms with E-state index in [-0.39, 0.29) is 25.0 Å². The van der Waals surface area contributed by atoms with Crippen molar-refractivity contribution in [1.82, 2.24) is 10.0 Å². The minimum atomic E-state index is -3.55. The normalized spacial score (nSPS) is 30.1. The predicted molar refractivity (Wildman–Crippen MR) is 106 cm³/mol. The van der Waals surface area contributed by atoms with Crippen molar-refractivity contribution in [2.75, 3.05) is 13.2 Å². The van der Waals surface area contributed by atoms with E-state index in [9.17, 15) is 13.2 Å². The molecule has 2 heterocycles. The lowest BCUT2D eigenvalue weighted by atomic mass is 9.96. The molecule has 2 saturated heterocycles. The molecule has 0 aromatic heterocycles. The Morgan fingerprint density at radius 1 is 1.03 bits per heavy atom. The van der Waals surface area contributed by atoms with Crippen LogP contribution < -0.4 is 10.0 Å². The molecule has 160 valence electrons. The highest BCUT2D eigenvalue weighted by atomic mass is 32.2. The highest BCUT2D eigenvalue weighted by Crippen LogP contribution is 2.29. The fraction of sp³-hybridized carbons (Fsp3) is 0.650. The molecule has 4 unspecified atom stereocenters. The quantitative estimate of drug-likeness (QED) is 0.721. The fourth-order valence-corrected chi connectivity index (χ4v) is 5.70. The van der Waals surface area contributed by atoms with Gasteiger partial charge in [-0.1, -0.05) is 49.6 Å². The van der Waals surface area contributed by atoms with E-state index in [1.54, 1.807) is 24.3 Å². The van der Waals surface area contributed by atoms with Gasteiger partial charge in [0.1, 0.15) is 12.2 Å². The maximum absolute atomic E-state index is 12.5. The van der Waals surface area contributed by atoms with Crippen LogP contribution in [0.1, 0.15) is 37.7 Å². The molecule has 1 aliphatic carbocycles. The Hall–Kier alpha value is -1.68. The van der Waals surface area contributed by atoms with Gasteiger partial charge in [-0.2, -0.15) is 0 Å².